The van der Waals surface area contributed by atoms with Crippen LogP contribution in [0.25, 0.3) is 3.59 Å². The monoisotopic (exact) mass is 716 g/mol. The first-order valence-corrected chi connectivity index (χ1v) is 28.3. The molecule has 0 spiro atoms. The van der Waals surface area contributed by atoms with Gasteiger partial charge in [0.2, 0.25) is 0 Å². The normalized spacial score (nSPS) is 15.9. The van der Waals surface area contributed by atoms with Crippen molar-refractivity contribution in [2.75, 3.05) is 32.3 Å². The van der Waals surface area contributed by atoms with E-state index in [-0.39, 0.29) is 5.04 Å². The average Bonchev–Trinajstić information content (AvgIpc) is 2.94. The van der Waals surface area contributed by atoms with Crippen molar-refractivity contribution in [1.82, 2.24) is 0 Å². The molecule has 1 saturated heterocycles. The maximum absolute atomic E-state index is 6.88. The van der Waals surface area contributed by atoms with E-state index in [1.54, 1.807) is 3.59 Å². The summed E-state index contributed by atoms with van der Waals surface area (Å²) in [5.74, 6) is 4.48. The van der Waals surface area contributed by atoms with Crippen molar-refractivity contribution in [3.63, 3.8) is 0 Å². The standard InChI is InChI=1S/C21H33O3S2Si.3C4H9.Sn/c1-21(2,3)27(6,7)24-13-8-10-16-17(22-4)11-12-18(23-5)19(16)20-25-14-9-15-26-20;3*1-3-4-2;/h8,11-12,20H,9,13-15H2,1-7H3;3*1,3-4H2,2H3;. The van der Waals surface area contributed by atoms with Crippen LogP contribution in [0.3, 0.4) is 0 Å². The molecule has 2 rings (SSSR count). The molecule has 0 unspecified atom stereocenters. The van der Waals surface area contributed by atoms with Crippen LogP contribution in [0.5, 0.6) is 11.5 Å². The van der Waals surface area contributed by atoms with Crippen LogP contribution in [0, 0.1) is 0 Å². The van der Waals surface area contributed by atoms with Crippen LogP contribution in [0.2, 0.25) is 31.4 Å². The van der Waals surface area contributed by atoms with Crippen molar-refractivity contribution in [2.24, 2.45) is 0 Å². The van der Waals surface area contributed by atoms with Gasteiger partial charge in [-0.3, -0.25) is 0 Å². The molecule has 1 heterocycles. The van der Waals surface area contributed by atoms with E-state index in [9.17, 15) is 0 Å². The molecule has 7 heteroatoms. The fourth-order valence-corrected chi connectivity index (χ4v) is 26.5. The number of rotatable bonds is 17. The summed E-state index contributed by atoms with van der Waals surface area (Å²) in [5.41, 5.74) is 2.76. The first-order valence-electron chi connectivity index (χ1n) is 15.8. The zero-order valence-corrected chi connectivity index (χ0v) is 33.0. The Kier molecular flexibility index (Phi) is 15.9. The van der Waals surface area contributed by atoms with Crippen LogP contribution in [-0.4, -0.2) is 59.0 Å². The molecule has 1 aromatic rings. The molecule has 0 aliphatic carbocycles. The van der Waals surface area contributed by atoms with Crippen LogP contribution in [-0.2, 0) is 4.43 Å². The van der Waals surface area contributed by atoms with Gasteiger partial charge in [-0.1, -0.05) is 0 Å². The Morgan fingerprint density at radius 1 is 0.900 bits per heavy atom. The van der Waals surface area contributed by atoms with Crippen LogP contribution < -0.4 is 9.47 Å². The molecule has 0 bridgehead atoms. The molecule has 0 atom stereocenters. The zero-order valence-electron chi connectivity index (χ0n) is 27.5. The maximum atomic E-state index is 6.88. The molecular weight excluding hydrogens is 655 g/mol. The van der Waals surface area contributed by atoms with E-state index in [0.29, 0.717) is 11.2 Å². The van der Waals surface area contributed by atoms with E-state index in [1.807, 2.05) is 14.2 Å². The van der Waals surface area contributed by atoms with Gasteiger partial charge in [-0.05, 0) is 0 Å². The third-order valence-electron chi connectivity index (χ3n) is 9.08. The topological polar surface area (TPSA) is 27.7 Å². The molecule has 0 saturated carbocycles. The molecule has 40 heavy (non-hydrogen) atoms. The average molecular weight is 716 g/mol. The molecule has 1 aliphatic heterocycles. The molecule has 0 aromatic heterocycles. The van der Waals surface area contributed by atoms with Crippen molar-refractivity contribution >= 4 is 53.8 Å². The number of hydrogen-bond acceptors (Lipinski definition) is 5. The van der Waals surface area contributed by atoms with Gasteiger partial charge in [0.25, 0.3) is 0 Å². The number of ether oxygens (including phenoxy) is 2. The number of methoxy groups -OCH3 is 2. The number of benzene rings is 1. The zero-order chi connectivity index (χ0) is 29.8. The van der Waals surface area contributed by atoms with Gasteiger partial charge in [-0.25, -0.2) is 0 Å². The summed E-state index contributed by atoms with van der Waals surface area (Å²) in [5, 5.41) is 0.197. The Morgan fingerprint density at radius 3 is 1.85 bits per heavy atom. The Hall–Kier alpha value is 0.236. The molecule has 0 radical (unpaired) electrons. The summed E-state index contributed by atoms with van der Waals surface area (Å²) in [6.07, 6.45) is 11.7. The molecule has 230 valence electrons. The van der Waals surface area contributed by atoms with Crippen molar-refractivity contribution in [2.45, 2.75) is 123 Å². The first kappa shape index (κ1) is 36.4. The van der Waals surface area contributed by atoms with Crippen molar-refractivity contribution < 1.29 is 13.9 Å². The van der Waals surface area contributed by atoms with E-state index in [2.05, 4.69) is 96.4 Å². The second-order valence-corrected chi connectivity index (χ2v) is 33.6. The Bertz CT molecular complexity index is 901. The third kappa shape index (κ3) is 9.62. The van der Waals surface area contributed by atoms with Gasteiger partial charge >= 0.3 is 263 Å². The molecule has 0 amide bonds. The summed E-state index contributed by atoms with van der Waals surface area (Å²) in [4.78, 5) is 0. The van der Waals surface area contributed by atoms with Gasteiger partial charge in [0, 0.05) is 0 Å². The summed E-state index contributed by atoms with van der Waals surface area (Å²) in [6.45, 7) is 19.6. The predicted molar refractivity (Wildman–Crippen MR) is 188 cm³/mol. The quantitative estimate of drug-likeness (QED) is 0.150. The van der Waals surface area contributed by atoms with Crippen molar-refractivity contribution in [1.29, 1.82) is 0 Å². The number of hydrogen-bond donors (Lipinski definition) is 0. The van der Waals surface area contributed by atoms with Gasteiger partial charge in [0.15, 0.2) is 0 Å². The van der Waals surface area contributed by atoms with E-state index >= 15 is 0 Å². The Morgan fingerprint density at radius 2 is 1.40 bits per heavy atom. The molecular formula is C33H60O3S2SiSn. The summed E-state index contributed by atoms with van der Waals surface area (Å²) in [6, 6.07) is 4.33. The number of unbranched alkanes of at least 4 members (excludes halogenated alkanes) is 3. The molecule has 1 aromatic carbocycles. The fraction of sp³-hybridized carbons (Fsp3) is 0.758. The van der Waals surface area contributed by atoms with Gasteiger partial charge < -0.3 is 0 Å². The van der Waals surface area contributed by atoms with E-state index in [1.165, 1.54) is 80.9 Å². The van der Waals surface area contributed by atoms with Crippen LogP contribution in [0.15, 0.2) is 18.2 Å². The van der Waals surface area contributed by atoms with Crippen molar-refractivity contribution in [3.05, 3.63) is 29.3 Å². The van der Waals surface area contributed by atoms with Crippen LogP contribution >= 0.6 is 23.5 Å². The van der Waals surface area contributed by atoms with Gasteiger partial charge in [0.1, 0.15) is 0 Å². The van der Waals surface area contributed by atoms with E-state index in [4.69, 9.17) is 13.9 Å². The van der Waals surface area contributed by atoms with E-state index < -0.39 is 26.7 Å². The summed E-state index contributed by atoms with van der Waals surface area (Å²) < 4.78 is 25.6. The Balaban J connectivity index is 2.88. The van der Waals surface area contributed by atoms with Crippen LogP contribution in [0.4, 0.5) is 0 Å². The fourth-order valence-electron chi connectivity index (χ4n) is 5.55. The second-order valence-electron chi connectivity index (χ2n) is 13.0. The third-order valence-corrected chi connectivity index (χ3v) is 32.3. The second kappa shape index (κ2) is 17.5. The van der Waals surface area contributed by atoms with Crippen molar-refractivity contribution in [3.8, 4) is 11.5 Å². The molecule has 1 aliphatic rings. The van der Waals surface area contributed by atoms with Gasteiger partial charge in [-0.15, -0.1) is 0 Å². The van der Waals surface area contributed by atoms with Gasteiger partial charge in [-0.2, -0.15) is 0 Å². The SMILES string of the molecule is CCC[CH2][Sn]([CH2]CCC)([CH2]CCC)/[C](=C/CO[Si](C)(C)C(C)(C)C)c1c(OC)ccc(OC)c1C1SCCCS1. The van der Waals surface area contributed by atoms with E-state index in [0.717, 1.165) is 11.5 Å². The minimum atomic E-state index is -2.93. The Labute approximate surface area is 261 Å². The number of thioether (sulfide) groups is 2. The summed E-state index contributed by atoms with van der Waals surface area (Å²) >= 11 is 1.25. The molecule has 3 nitrogen and oxygen atoms in total. The first-order chi connectivity index (χ1) is 19.0. The van der Waals surface area contributed by atoms with Gasteiger partial charge in [0.05, 0.1) is 0 Å². The predicted octanol–water partition coefficient (Wildman–Crippen LogP) is 11.4. The molecule has 0 N–H and O–H groups in total. The summed E-state index contributed by atoms with van der Waals surface area (Å²) in [7, 11) is 1.83. The molecule has 1 fully saturated rings. The minimum absolute atomic E-state index is 0.197. The van der Waals surface area contributed by atoms with Crippen LogP contribution in [0.1, 0.15) is 102 Å².